The highest BCUT2D eigenvalue weighted by Crippen LogP contribution is 2.27. The van der Waals surface area contributed by atoms with E-state index in [9.17, 15) is 18.7 Å². The zero-order chi connectivity index (χ0) is 19.1. The number of carbonyl (C=O) groups excluding carboxylic acids is 1. The Morgan fingerprint density at radius 2 is 1.89 bits per heavy atom. The molecule has 3 aromatic rings. The first-order valence-corrected chi connectivity index (χ1v) is 8.11. The van der Waals surface area contributed by atoms with Crippen molar-refractivity contribution >= 4 is 22.9 Å². The summed E-state index contributed by atoms with van der Waals surface area (Å²) in [5, 5.41) is 12.5. The molecule has 0 saturated carbocycles. The van der Waals surface area contributed by atoms with Crippen molar-refractivity contribution in [1.82, 2.24) is 9.55 Å². The van der Waals surface area contributed by atoms with Crippen LogP contribution in [-0.4, -0.2) is 26.2 Å². The molecule has 1 amide bonds. The van der Waals surface area contributed by atoms with Crippen LogP contribution in [0.15, 0.2) is 36.4 Å². The topological polar surface area (TPSA) is 67.2 Å². The molecule has 0 spiro atoms. The van der Waals surface area contributed by atoms with Gasteiger partial charge >= 0.3 is 0 Å². The molecule has 3 rings (SSSR count). The molecule has 5 nitrogen and oxygen atoms in total. The van der Waals surface area contributed by atoms with Gasteiger partial charge in [-0.3, -0.25) is 14.7 Å². The third-order valence-corrected chi connectivity index (χ3v) is 3.82. The van der Waals surface area contributed by atoms with Gasteiger partial charge in [0, 0.05) is 6.07 Å². The summed E-state index contributed by atoms with van der Waals surface area (Å²) in [5.41, 5.74) is 1.35. The van der Waals surface area contributed by atoms with Gasteiger partial charge in [-0.25, -0.2) is 13.8 Å². The number of halogens is 2. The smallest absolute Gasteiger partial charge is 0.229 e. The largest absolute Gasteiger partial charge is 0.390 e. The first-order chi connectivity index (χ1) is 12.1. The predicted octanol–water partition coefficient (Wildman–Crippen LogP) is 4.35. The molecular weight excluding hydrogens is 352 g/mol. The van der Waals surface area contributed by atoms with Crippen LogP contribution in [-0.2, 0) is 4.79 Å². The Kier molecular flexibility index (Phi) is 5.65. The van der Waals surface area contributed by atoms with Crippen molar-refractivity contribution in [2.24, 2.45) is 0 Å². The van der Waals surface area contributed by atoms with E-state index in [2.05, 4.69) is 10.3 Å². The van der Waals surface area contributed by atoms with E-state index in [1.54, 1.807) is 10.6 Å². The van der Waals surface area contributed by atoms with Gasteiger partial charge in [-0.2, -0.15) is 0 Å². The van der Waals surface area contributed by atoms with Gasteiger partial charge in [-0.1, -0.05) is 13.5 Å². The number of aryl methyl sites for hydroxylation is 1. The highest BCUT2D eigenvalue weighted by molar-refractivity contribution is 5.93. The number of rotatable bonds is 4. The fourth-order valence-electron chi connectivity index (χ4n) is 2.72. The average Bonchev–Trinajstić information content (AvgIpc) is 2.85. The number of aliphatic hydroxyl groups is 1. The molecule has 27 heavy (non-hydrogen) atoms. The Morgan fingerprint density at radius 1 is 1.19 bits per heavy atom. The number of nitrogens with zero attached hydrogens (tertiary/aromatic N) is 2. The zero-order valence-electron chi connectivity index (χ0n) is 14.7. The second-order valence-electron chi connectivity index (χ2n) is 6.90. The van der Waals surface area contributed by atoms with E-state index in [1.807, 2.05) is 19.1 Å². The molecule has 0 aliphatic rings. The summed E-state index contributed by atoms with van der Waals surface area (Å²) in [7, 11) is 0. The summed E-state index contributed by atoms with van der Waals surface area (Å²) in [5.74, 6) is -2.22. The summed E-state index contributed by atoms with van der Waals surface area (Å²) < 4.78 is 28.6. The Hall–Kier alpha value is -2.80. The Labute approximate surface area is 156 Å². The average molecular weight is 375 g/mol. The van der Waals surface area contributed by atoms with Crippen molar-refractivity contribution in [3.05, 3.63) is 53.6 Å². The maximum absolute atomic E-state index is 13.7. The van der Waals surface area contributed by atoms with Crippen molar-refractivity contribution in [3.8, 4) is 5.69 Å². The van der Waals surface area contributed by atoms with Crippen molar-refractivity contribution in [2.45, 2.75) is 40.2 Å². The van der Waals surface area contributed by atoms with Gasteiger partial charge < -0.3 is 5.11 Å². The van der Waals surface area contributed by atoms with Crippen LogP contribution in [0.3, 0.4) is 0 Å². The van der Waals surface area contributed by atoms with Crippen molar-refractivity contribution in [2.75, 3.05) is 5.32 Å². The Morgan fingerprint density at radius 3 is 2.52 bits per heavy atom. The number of anilines is 1. The fraction of sp³-hybridized carbons (Fsp3) is 0.300. The lowest BCUT2D eigenvalue weighted by atomic mass is 10.1. The number of amides is 1. The number of carbonyl (C=O) groups is 1. The molecule has 7 heteroatoms. The number of fused-ring (bicyclic) bond motifs is 1. The van der Waals surface area contributed by atoms with Gasteiger partial charge in [0.2, 0.25) is 11.9 Å². The number of aromatic nitrogens is 2. The van der Waals surface area contributed by atoms with Gasteiger partial charge in [0.1, 0.15) is 0 Å². The van der Waals surface area contributed by atoms with E-state index < -0.39 is 23.1 Å². The van der Waals surface area contributed by atoms with Crippen molar-refractivity contribution in [1.29, 1.82) is 0 Å². The lowest BCUT2D eigenvalue weighted by Crippen LogP contribution is -2.28. The zero-order valence-corrected chi connectivity index (χ0v) is 14.7. The van der Waals surface area contributed by atoms with E-state index in [0.29, 0.717) is 16.7 Å². The lowest BCUT2D eigenvalue weighted by molar-refractivity contribution is -0.119. The molecule has 0 aliphatic heterocycles. The molecule has 0 atom stereocenters. The molecule has 0 bridgehead atoms. The van der Waals surface area contributed by atoms with Gasteiger partial charge in [0.25, 0.3) is 0 Å². The van der Waals surface area contributed by atoms with Crippen LogP contribution in [0, 0.1) is 18.6 Å². The minimum atomic E-state index is -1.18. The van der Waals surface area contributed by atoms with Gasteiger partial charge in [0.05, 0.1) is 28.7 Å². The minimum Gasteiger partial charge on any atom is -0.390 e. The van der Waals surface area contributed by atoms with Crippen molar-refractivity contribution in [3.63, 3.8) is 0 Å². The number of imidazole rings is 1. The monoisotopic (exact) mass is 375 g/mol. The van der Waals surface area contributed by atoms with E-state index in [-0.39, 0.29) is 19.8 Å². The Balaban J connectivity index is 0.00000261. The highest BCUT2D eigenvalue weighted by Gasteiger charge is 2.21. The van der Waals surface area contributed by atoms with Crippen LogP contribution in [0.4, 0.5) is 14.7 Å². The summed E-state index contributed by atoms with van der Waals surface area (Å²) in [6, 6.07) is 8.97. The number of benzene rings is 2. The molecular formula is C20H23F2N3O2. The van der Waals surface area contributed by atoms with Crippen LogP contribution < -0.4 is 5.32 Å². The van der Waals surface area contributed by atoms with E-state index >= 15 is 0 Å². The van der Waals surface area contributed by atoms with Crippen LogP contribution in [0.25, 0.3) is 16.7 Å². The number of hydrogen-bond donors (Lipinski definition) is 2. The molecule has 0 radical (unpaired) electrons. The fourth-order valence-corrected chi connectivity index (χ4v) is 2.72. The maximum Gasteiger partial charge on any atom is 0.229 e. The second kappa shape index (κ2) is 7.44. The number of hydrogen-bond acceptors (Lipinski definition) is 3. The molecule has 0 fully saturated rings. The van der Waals surface area contributed by atoms with Gasteiger partial charge in [0.15, 0.2) is 11.6 Å². The van der Waals surface area contributed by atoms with Crippen molar-refractivity contribution < 1.29 is 18.7 Å². The quantitative estimate of drug-likeness (QED) is 0.712. The van der Waals surface area contributed by atoms with Gasteiger partial charge in [-0.05, 0) is 50.6 Å². The van der Waals surface area contributed by atoms with Crippen LogP contribution >= 0.6 is 0 Å². The highest BCUT2D eigenvalue weighted by atomic mass is 19.2. The molecule has 1 heterocycles. The SMILES string of the molecule is C.Cc1ccc2nc(NC(=O)CC(C)(C)O)n(-c3ccc(F)c(F)c3)c2c1. The van der Waals surface area contributed by atoms with E-state index in [4.69, 9.17) is 0 Å². The first kappa shape index (κ1) is 20.5. The summed E-state index contributed by atoms with van der Waals surface area (Å²) in [6.45, 7) is 4.94. The van der Waals surface area contributed by atoms with Crippen LogP contribution in [0.1, 0.15) is 33.3 Å². The van der Waals surface area contributed by atoms with Gasteiger partial charge in [-0.15, -0.1) is 0 Å². The van der Waals surface area contributed by atoms with E-state index in [0.717, 1.165) is 17.7 Å². The number of nitrogens with one attached hydrogen (secondary N) is 1. The summed E-state index contributed by atoms with van der Waals surface area (Å²) >= 11 is 0. The molecule has 2 N–H and O–H groups in total. The third-order valence-electron chi connectivity index (χ3n) is 3.82. The molecule has 144 valence electrons. The second-order valence-corrected chi connectivity index (χ2v) is 6.90. The standard InChI is InChI=1S/C19H19F2N3O2.CH4/c1-11-4-7-15-16(8-11)24(12-5-6-13(20)14(21)9-12)18(22-15)23-17(25)10-19(2,3)26;/h4-9,26H,10H2,1-3H3,(H,22,23,25);1H4. The van der Waals surface area contributed by atoms with Crippen LogP contribution in [0.2, 0.25) is 0 Å². The molecule has 0 unspecified atom stereocenters. The molecule has 2 aromatic carbocycles. The summed E-state index contributed by atoms with van der Waals surface area (Å²) in [6.07, 6.45) is -0.132. The first-order valence-electron chi connectivity index (χ1n) is 8.11. The maximum atomic E-state index is 13.7. The summed E-state index contributed by atoms with van der Waals surface area (Å²) in [4.78, 5) is 16.6. The molecule has 0 aliphatic carbocycles. The third kappa shape index (κ3) is 4.49. The molecule has 0 saturated heterocycles. The Bertz CT molecular complexity index is 991. The lowest BCUT2D eigenvalue weighted by Gasteiger charge is -2.16. The predicted molar refractivity (Wildman–Crippen MR) is 102 cm³/mol. The normalized spacial score (nSPS) is 11.3. The minimum absolute atomic E-state index is 0. The molecule has 1 aromatic heterocycles. The van der Waals surface area contributed by atoms with E-state index in [1.165, 1.54) is 19.9 Å². The van der Waals surface area contributed by atoms with Crippen LogP contribution in [0.5, 0.6) is 0 Å².